The molecule has 5 nitrogen and oxygen atoms in total. The van der Waals surface area contributed by atoms with E-state index in [2.05, 4.69) is 10.3 Å². The highest BCUT2D eigenvalue weighted by atomic mass is 32.1. The first-order valence-corrected chi connectivity index (χ1v) is 8.15. The zero-order valence-electron chi connectivity index (χ0n) is 13.6. The second kappa shape index (κ2) is 6.47. The molecule has 0 saturated carbocycles. The van der Waals surface area contributed by atoms with Gasteiger partial charge in [0.15, 0.2) is 11.7 Å². The van der Waals surface area contributed by atoms with Crippen molar-refractivity contribution in [3.05, 3.63) is 29.3 Å². The summed E-state index contributed by atoms with van der Waals surface area (Å²) in [4.78, 5) is 28.9. The number of Topliss-reactive ketones (excluding diaryl/α,β-unsaturated/α-hetero) is 1. The molecule has 2 unspecified atom stereocenters. The lowest BCUT2D eigenvalue weighted by molar-refractivity contribution is -0.132. The highest BCUT2D eigenvalue weighted by Crippen LogP contribution is 2.28. The van der Waals surface area contributed by atoms with Crippen molar-refractivity contribution in [2.24, 2.45) is 5.41 Å². The minimum atomic E-state index is -0.970. The van der Waals surface area contributed by atoms with Crippen LogP contribution in [0, 0.1) is 16.7 Å². The van der Waals surface area contributed by atoms with Crippen LogP contribution in [0.5, 0.6) is 0 Å². The lowest BCUT2D eigenvalue weighted by Crippen LogP contribution is -2.45. The van der Waals surface area contributed by atoms with Crippen molar-refractivity contribution in [2.45, 2.75) is 39.7 Å². The number of hydrogen-bond acceptors (Lipinski definition) is 5. The Bertz CT molecular complexity index is 750. The second-order valence-electron chi connectivity index (χ2n) is 6.43. The predicted octanol–water partition coefficient (Wildman–Crippen LogP) is 3.02. The van der Waals surface area contributed by atoms with Gasteiger partial charge in [-0.1, -0.05) is 32.9 Å². The number of carbonyl (C=O) groups excluding carboxylic acids is 2. The fraction of sp³-hybridized carbons (Fsp3) is 0.412. The highest BCUT2D eigenvalue weighted by molar-refractivity contribution is 7.18. The van der Waals surface area contributed by atoms with E-state index in [9.17, 15) is 14.9 Å². The largest absolute Gasteiger partial charge is 0.346 e. The van der Waals surface area contributed by atoms with Crippen LogP contribution >= 0.6 is 11.3 Å². The van der Waals surface area contributed by atoms with Gasteiger partial charge in [-0.2, -0.15) is 5.26 Å². The third-order valence-corrected chi connectivity index (χ3v) is 4.53. The predicted molar refractivity (Wildman–Crippen MR) is 90.0 cm³/mol. The van der Waals surface area contributed by atoms with Crippen LogP contribution in [0.2, 0.25) is 0 Å². The van der Waals surface area contributed by atoms with Crippen molar-refractivity contribution in [3.63, 3.8) is 0 Å². The number of nitrogens with zero attached hydrogens (tertiary/aromatic N) is 2. The molecule has 1 heterocycles. The molecule has 0 fully saturated rings. The zero-order chi connectivity index (χ0) is 17.2. The van der Waals surface area contributed by atoms with Gasteiger partial charge in [-0.05, 0) is 19.1 Å². The van der Waals surface area contributed by atoms with Gasteiger partial charge < -0.3 is 5.32 Å². The van der Waals surface area contributed by atoms with Crippen LogP contribution < -0.4 is 5.32 Å². The monoisotopic (exact) mass is 329 g/mol. The van der Waals surface area contributed by atoms with Gasteiger partial charge in [0.2, 0.25) is 5.91 Å². The molecule has 1 amide bonds. The number of benzene rings is 1. The molecule has 1 aromatic carbocycles. The number of aromatic nitrogens is 1. The van der Waals surface area contributed by atoms with Crippen LogP contribution in [-0.4, -0.2) is 22.7 Å². The molecule has 2 atom stereocenters. The number of hydrogen-bond donors (Lipinski definition) is 1. The fourth-order valence-electron chi connectivity index (χ4n) is 1.99. The van der Waals surface area contributed by atoms with Gasteiger partial charge in [0.1, 0.15) is 5.01 Å². The molecule has 1 aromatic heterocycles. The summed E-state index contributed by atoms with van der Waals surface area (Å²) in [6, 6.07) is 8.78. The first kappa shape index (κ1) is 17.1. The molecular weight excluding hydrogens is 310 g/mol. The number of fused-ring (bicyclic) bond motifs is 1. The van der Waals surface area contributed by atoms with Crippen LogP contribution in [-0.2, 0) is 9.59 Å². The van der Waals surface area contributed by atoms with E-state index in [1.807, 2.05) is 30.3 Å². The van der Waals surface area contributed by atoms with Gasteiger partial charge in [-0.25, -0.2) is 4.98 Å². The zero-order valence-corrected chi connectivity index (χ0v) is 14.4. The molecule has 1 N–H and O–H groups in total. The van der Waals surface area contributed by atoms with Crippen molar-refractivity contribution in [3.8, 4) is 6.07 Å². The van der Waals surface area contributed by atoms with E-state index in [0.717, 1.165) is 10.2 Å². The summed E-state index contributed by atoms with van der Waals surface area (Å²) in [7, 11) is 0. The molecular formula is C17H19N3O2S. The molecule has 0 aliphatic carbocycles. The lowest BCUT2D eigenvalue weighted by atomic mass is 9.94. The number of thiazole rings is 1. The van der Waals surface area contributed by atoms with Gasteiger partial charge in [-0.3, -0.25) is 9.59 Å². The molecule has 2 rings (SSSR count). The molecule has 0 aliphatic heterocycles. The van der Waals surface area contributed by atoms with Gasteiger partial charge in [0.25, 0.3) is 0 Å². The summed E-state index contributed by atoms with van der Waals surface area (Å²) in [6.45, 7) is 6.92. The Hall–Kier alpha value is -2.26. The molecule has 120 valence electrons. The van der Waals surface area contributed by atoms with Gasteiger partial charge in [0, 0.05) is 5.41 Å². The third kappa shape index (κ3) is 3.74. The summed E-state index contributed by atoms with van der Waals surface area (Å²) < 4.78 is 0.932. The average Bonchev–Trinajstić information content (AvgIpc) is 2.90. The third-order valence-electron chi connectivity index (χ3n) is 3.43. The molecule has 6 heteroatoms. The molecule has 0 saturated heterocycles. The maximum Gasteiger partial charge on any atom is 0.225 e. The van der Waals surface area contributed by atoms with Crippen LogP contribution in [0.4, 0.5) is 0 Å². The smallest absolute Gasteiger partial charge is 0.225 e. The maximum atomic E-state index is 12.5. The Balaban J connectivity index is 2.21. The number of ketones is 1. The van der Waals surface area contributed by atoms with Crippen LogP contribution in [0.3, 0.4) is 0 Å². The fourth-order valence-corrected chi connectivity index (χ4v) is 3.01. The molecule has 0 aliphatic rings. The van der Waals surface area contributed by atoms with Crippen molar-refractivity contribution in [1.29, 1.82) is 5.26 Å². The SMILES string of the molecule is CC(NC(=O)C(C)(C)C)C(=O)C(C#N)c1nc2ccccc2s1. The first-order valence-electron chi connectivity index (χ1n) is 7.34. The Labute approximate surface area is 139 Å². The number of para-hydroxylation sites is 1. The molecule has 23 heavy (non-hydrogen) atoms. The summed E-state index contributed by atoms with van der Waals surface area (Å²) >= 11 is 1.33. The normalized spacial score (nSPS) is 14.0. The van der Waals surface area contributed by atoms with E-state index in [1.165, 1.54) is 11.3 Å². The van der Waals surface area contributed by atoms with Gasteiger partial charge >= 0.3 is 0 Å². The Morgan fingerprint density at radius 3 is 2.52 bits per heavy atom. The summed E-state index contributed by atoms with van der Waals surface area (Å²) in [5.74, 6) is -1.54. The Morgan fingerprint density at radius 2 is 1.96 bits per heavy atom. The van der Waals surface area contributed by atoms with E-state index < -0.39 is 17.4 Å². The van der Waals surface area contributed by atoms with E-state index in [-0.39, 0.29) is 11.7 Å². The molecule has 0 bridgehead atoms. The summed E-state index contributed by atoms with van der Waals surface area (Å²) in [5, 5.41) is 12.5. The van der Waals surface area contributed by atoms with E-state index in [0.29, 0.717) is 5.01 Å². The average molecular weight is 329 g/mol. The van der Waals surface area contributed by atoms with Crippen LogP contribution in [0.25, 0.3) is 10.2 Å². The Kier molecular flexibility index (Phi) is 4.81. The van der Waals surface area contributed by atoms with Crippen molar-refractivity contribution in [1.82, 2.24) is 10.3 Å². The second-order valence-corrected chi connectivity index (χ2v) is 7.49. The number of rotatable bonds is 4. The minimum Gasteiger partial charge on any atom is -0.346 e. The summed E-state index contributed by atoms with van der Waals surface area (Å²) in [5.41, 5.74) is 0.180. The van der Waals surface area contributed by atoms with Crippen molar-refractivity contribution in [2.75, 3.05) is 0 Å². The number of amides is 1. The van der Waals surface area contributed by atoms with E-state index in [1.54, 1.807) is 27.7 Å². The molecule has 2 aromatic rings. The maximum absolute atomic E-state index is 12.5. The number of nitrogens with one attached hydrogen (secondary N) is 1. The lowest BCUT2D eigenvalue weighted by Gasteiger charge is -2.22. The Morgan fingerprint density at radius 1 is 1.30 bits per heavy atom. The van der Waals surface area contributed by atoms with Crippen molar-refractivity contribution < 1.29 is 9.59 Å². The standard InChI is InChI=1S/C17H19N3O2S/c1-10(19-16(22)17(2,3)4)14(21)11(9-18)15-20-12-7-5-6-8-13(12)23-15/h5-8,10-11H,1-4H3,(H,19,22). The molecule has 0 radical (unpaired) electrons. The first-order chi connectivity index (χ1) is 10.7. The highest BCUT2D eigenvalue weighted by Gasteiger charge is 2.31. The minimum absolute atomic E-state index is 0.223. The molecule has 0 spiro atoms. The topological polar surface area (TPSA) is 82.9 Å². The van der Waals surface area contributed by atoms with Gasteiger partial charge in [0.05, 0.1) is 22.3 Å². The van der Waals surface area contributed by atoms with E-state index in [4.69, 9.17) is 0 Å². The van der Waals surface area contributed by atoms with E-state index >= 15 is 0 Å². The van der Waals surface area contributed by atoms with Crippen molar-refractivity contribution >= 4 is 33.2 Å². The van der Waals surface area contributed by atoms with Gasteiger partial charge in [-0.15, -0.1) is 11.3 Å². The number of carbonyl (C=O) groups is 2. The van der Waals surface area contributed by atoms with Crippen LogP contribution in [0.1, 0.15) is 38.6 Å². The van der Waals surface area contributed by atoms with Crippen LogP contribution in [0.15, 0.2) is 24.3 Å². The summed E-state index contributed by atoms with van der Waals surface area (Å²) in [6.07, 6.45) is 0. The number of nitriles is 1. The quantitative estimate of drug-likeness (QED) is 0.934.